The normalized spacial score (nSPS) is 15.1. The molecule has 138 valence electrons. The maximum atomic E-state index is 14.1. The number of hydrogen-bond donors (Lipinski definition) is 1. The van der Waals surface area contributed by atoms with Crippen molar-refractivity contribution >= 4 is 11.7 Å². The van der Waals surface area contributed by atoms with E-state index in [2.05, 4.69) is 9.97 Å². The molecule has 1 aromatic heterocycles. The van der Waals surface area contributed by atoms with E-state index in [1.165, 1.54) is 25.4 Å². The van der Waals surface area contributed by atoms with Gasteiger partial charge in [-0.05, 0) is 0 Å². The first-order valence-corrected chi connectivity index (χ1v) is 8.09. The predicted octanol–water partition coefficient (Wildman–Crippen LogP) is 1.18. The van der Waals surface area contributed by atoms with Crippen LogP contribution in [0.25, 0.3) is 0 Å². The minimum atomic E-state index is -0.636. The van der Waals surface area contributed by atoms with Crippen LogP contribution in [-0.2, 0) is 6.54 Å². The number of carbonyl (C=O) groups excluding carboxylic acids is 1. The molecule has 1 aliphatic heterocycles. The van der Waals surface area contributed by atoms with Crippen molar-refractivity contribution in [2.75, 3.05) is 38.2 Å². The zero-order chi connectivity index (χ0) is 18.7. The Hall–Kier alpha value is -2.81. The molecule has 7 nitrogen and oxygen atoms in total. The number of ether oxygens (including phenoxy) is 1. The van der Waals surface area contributed by atoms with Crippen LogP contribution in [-0.4, -0.2) is 54.1 Å². The van der Waals surface area contributed by atoms with E-state index >= 15 is 0 Å². The van der Waals surface area contributed by atoms with Crippen LogP contribution in [0.3, 0.4) is 0 Å². The third-order valence-electron chi connectivity index (χ3n) is 4.30. The van der Waals surface area contributed by atoms with E-state index in [1.807, 2.05) is 9.80 Å². The van der Waals surface area contributed by atoms with Crippen LogP contribution < -0.4 is 15.4 Å². The Balaban J connectivity index is 1.64. The van der Waals surface area contributed by atoms with Gasteiger partial charge in [-0.25, -0.2) is 13.8 Å². The number of nitrogens with zero attached hydrogens (tertiary/aromatic N) is 4. The minimum absolute atomic E-state index is 0.0229. The zero-order valence-corrected chi connectivity index (χ0v) is 14.3. The van der Waals surface area contributed by atoms with Gasteiger partial charge in [0.1, 0.15) is 28.9 Å². The van der Waals surface area contributed by atoms with E-state index in [4.69, 9.17) is 10.5 Å². The molecule has 2 N–H and O–H groups in total. The third kappa shape index (κ3) is 3.88. The topological polar surface area (TPSA) is 84.6 Å². The van der Waals surface area contributed by atoms with Crippen molar-refractivity contribution in [2.24, 2.45) is 5.73 Å². The summed E-state index contributed by atoms with van der Waals surface area (Å²) in [7, 11) is 1.36. The van der Waals surface area contributed by atoms with Gasteiger partial charge in [0.15, 0.2) is 0 Å². The lowest BCUT2D eigenvalue weighted by Gasteiger charge is -2.35. The number of halogens is 2. The zero-order valence-electron chi connectivity index (χ0n) is 14.3. The van der Waals surface area contributed by atoms with Gasteiger partial charge in [-0.1, -0.05) is 0 Å². The van der Waals surface area contributed by atoms with Gasteiger partial charge in [0, 0.05) is 50.4 Å². The highest BCUT2D eigenvalue weighted by Gasteiger charge is 2.22. The van der Waals surface area contributed by atoms with Crippen LogP contribution in [0.15, 0.2) is 24.5 Å². The molecule has 2 aromatic rings. The van der Waals surface area contributed by atoms with Crippen molar-refractivity contribution in [2.45, 2.75) is 6.54 Å². The molecule has 0 spiro atoms. The Morgan fingerprint density at radius 3 is 2.42 bits per heavy atom. The first kappa shape index (κ1) is 18.0. The summed E-state index contributed by atoms with van der Waals surface area (Å²) in [4.78, 5) is 23.3. The molecular formula is C17H19F2N5O2. The number of primary amides is 1. The summed E-state index contributed by atoms with van der Waals surface area (Å²) in [5, 5.41) is 0. The number of amides is 1. The molecule has 1 saturated heterocycles. The monoisotopic (exact) mass is 363 g/mol. The number of carbonyl (C=O) groups is 1. The maximum absolute atomic E-state index is 14.1. The van der Waals surface area contributed by atoms with Gasteiger partial charge < -0.3 is 15.4 Å². The van der Waals surface area contributed by atoms with Crippen LogP contribution in [0.4, 0.5) is 14.6 Å². The summed E-state index contributed by atoms with van der Waals surface area (Å²) in [5.41, 5.74) is 5.35. The molecule has 3 rings (SSSR count). The molecular weight excluding hydrogens is 344 g/mol. The Morgan fingerprint density at radius 2 is 1.85 bits per heavy atom. The van der Waals surface area contributed by atoms with Crippen LogP contribution in [0, 0.1) is 11.6 Å². The van der Waals surface area contributed by atoms with Gasteiger partial charge >= 0.3 is 0 Å². The fraction of sp³-hybridized carbons (Fsp3) is 0.353. The van der Waals surface area contributed by atoms with Crippen LogP contribution in [0.5, 0.6) is 5.75 Å². The maximum Gasteiger partial charge on any atom is 0.268 e. The third-order valence-corrected chi connectivity index (χ3v) is 4.30. The summed E-state index contributed by atoms with van der Waals surface area (Å²) >= 11 is 0. The van der Waals surface area contributed by atoms with Crippen LogP contribution >= 0.6 is 0 Å². The molecule has 0 atom stereocenters. The van der Waals surface area contributed by atoms with E-state index in [-0.39, 0.29) is 23.6 Å². The number of piperazine rings is 1. The first-order valence-electron chi connectivity index (χ1n) is 8.09. The molecule has 9 heteroatoms. The van der Waals surface area contributed by atoms with Gasteiger partial charge in [-0.2, -0.15) is 0 Å². The average molecular weight is 363 g/mol. The predicted molar refractivity (Wildman–Crippen MR) is 90.9 cm³/mol. The smallest absolute Gasteiger partial charge is 0.268 e. The Kier molecular flexibility index (Phi) is 5.27. The summed E-state index contributed by atoms with van der Waals surface area (Å²) in [5.74, 6) is -1.17. The quantitative estimate of drug-likeness (QED) is 0.859. The number of benzene rings is 1. The molecule has 26 heavy (non-hydrogen) atoms. The molecule has 1 amide bonds. The van der Waals surface area contributed by atoms with E-state index in [9.17, 15) is 13.6 Å². The summed E-state index contributed by atoms with van der Waals surface area (Å²) in [6.45, 7) is 2.54. The van der Waals surface area contributed by atoms with Gasteiger partial charge in [-0.3, -0.25) is 14.7 Å². The molecule has 0 aliphatic carbocycles. The molecule has 0 radical (unpaired) electrons. The Bertz CT molecular complexity index is 786. The second-order valence-corrected chi connectivity index (χ2v) is 5.96. The number of hydrogen-bond acceptors (Lipinski definition) is 6. The fourth-order valence-electron chi connectivity index (χ4n) is 2.83. The van der Waals surface area contributed by atoms with Crippen molar-refractivity contribution < 1.29 is 18.3 Å². The van der Waals surface area contributed by atoms with Gasteiger partial charge in [-0.15, -0.1) is 0 Å². The lowest BCUT2D eigenvalue weighted by molar-refractivity contribution is 0.0995. The molecule has 2 heterocycles. The van der Waals surface area contributed by atoms with Crippen molar-refractivity contribution in [1.82, 2.24) is 14.9 Å². The van der Waals surface area contributed by atoms with Crippen LogP contribution in [0.1, 0.15) is 16.1 Å². The summed E-state index contributed by atoms with van der Waals surface area (Å²) in [6.07, 6.45) is 2.88. The largest absolute Gasteiger partial charge is 0.497 e. The van der Waals surface area contributed by atoms with Gasteiger partial charge in [0.05, 0.1) is 19.5 Å². The van der Waals surface area contributed by atoms with Crippen LogP contribution in [0.2, 0.25) is 0 Å². The van der Waals surface area contributed by atoms with E-state index in [0.29, 0.717) is 32.0 Å². The number of methoxy groups -OCH3 is 1. The average Bonchev–Trinajstić information content (AvgIpc) is 2.65. The molecule has 0 unspecified atom stereocenters. The molecule has 0 bridgehead atoms. The van der Waals surface area contributed by atoms with E-state index in [0.717, 1.165) is 0 Å². The molecule has 1 aromatic carbocycles. The number of nitrogens with two attached hydrogens (primary N) is 1. The molecule has 0 saturated carbocycles. The summed E-state index contributed by atoms with van der Waals surface area (Å²) < 4.78 is 33.1. The van der Waals surface area contributed by atoms with Gasteiger partial charge in [0.2, 0.25) is 0 Å². The fourth-order valence-corrected chi connectivity index (χ4v) is 2.83. The van der Waals surface area contributed by atoms with Crippen molar-refractivity contribution in [3.8, 4) is 5.75 Å². The highest BCUT2D eigenvalue weighted by atomic mass is 19.1. The summed E-state index contributed by atoms with van der Waals surface area (Å²) in [6, 6.07) is 2.36. The van der Waals surface area contributed by atoms with Gasteiger partial charge in [0.25, 0.3) is 5.91 Å². The standard InChI is InChI=1S/C17H19F2N5O2/c1-26-11-6-13(18)12(14(19)7-11)10-23-2-4-24(5-3-23)16-9-21-8-15(22-16)17(20)25/h6-9H,2-5,10H2,1H3,(H2,20,25). The molecule has 1 fully saturated rings. The molecule has 1 aliphatic rings. The van der Waals surface area contributed by atoms with E-state index in [1.54, 1.807) is 6.20 Å². The lowest BCUT2D eigenvalue weighted by atomic mass is 10.1. The second-order valence-electron chi connectivity index (χ2n) is 5.96. The van der Waals surface area contributed by atoms with Crippen molar-refractivity contribution in [1.29, 1.82) is 0 Å². The SMILES string of the molecule is COc1cc(F)c(CN2CCN(c3cncc(C(N)=O)n3)CC2)c(F)c1. The second kappa shape index (κ2) is 7.61. The highest BCUT2D eigenvalue weighted by Crippen LogP contribution is 2.23. The number of aromatic nitrogens is 2. The highest BCUT2D eigenvalue weighted by molar-refractivity contribution is 5.90. The Morgan fingerprint density at radius 1 is 1.19 bits per heavy atom. The van der Waals surface area contributed by atoms with E-state index < -0.39 is 17.5 Å². The lowest BCUT2D eigenvalue weighted by Crippen LogP contribution is -2.46. The van der Waals surface area contributed by atoms with Crippen molar-refractivity contribution in [3.63, 3.8) is 0 Å². The number of rotatable bonds is 5. The van der Waals surface area contributed by atoms with Crippen molar-refractivity contribution in [3.05, 3.63) is 47.4 Å². The first-order chi connectivity index (χ1) is 12.5. The number of anilines is 1. The Labute approximate surface area is 149 Å². The minimum Gasteiger partial charge on any atom is -0.497 e.